The Bertz CT molecular complexity index is 368. The van der Waals surface area contributed by atoms with Gasteiger partial charge in [-0.1, -0.05) is 15.9 Å². The van der Waals surface area contributed by atoms with E-state index in [1.165, 1.54) is 13.2 Å². The lowest BCUT2D eigenvalue weighted by molar-refractivity contribution is 0.0595. The zero-order valence-electron chi connectivity index (χ0n) is 7.31. The monoisotopic (exact) mass is 372 g/mol. The fraction of sp³-hybridized carbons (Fsp3) is 0.222. The van der Waals surface area contributed by atoms with Gasteiger partial charge in [-0.25, -0.2) is 9.18 Å². The Morgan fingerprint density at radius 2 is 2.29 bits per heavy atom. The van der Waals surface area contributed by atoms with E-state index in [0.29, 0.717) is 10.9 Å². The van der Waals surface area contributed by atoms with Crippen LogP contribution in [0.1, 0.15) is 15.9 Å². The molecule has 0 heterocycles. The maximum atomic E-state index is 13.6. The predicted octanol–water partition coefficient (Wildman–Crippen LogP) is 3.11. The molecule has 2 nitrogen and oxygen atoms in total. The number of carbonyl (C=O) groups excluding carboxylic acids is 1. The van der Waals surface area contributed by atoms with E-state index >= 15 is 0 Å². The van der Waals surface area contributed by atoms with E-state index in [4.69, 9.17) is 0 Å². The number of esters is 1. The van der Waals surface area contributed by atoms with Gasteiger partial charge in [-0.2, -0.15) is 0 Å². The van der Waals surface area contributed by atoms with Gasteiger partial charge in [0.1, 0.15) is 5.82 Å². The lowest BCUT2D eigenvalue weighted by atomic mass is 10.1. The second-order valence-corrected chi connectivity index (χ2v) is 4.24. The number of halogens is 3. The Hall–Kier alpha value is -0.170. The number of methoxy groups -OCH3 is 1. The number of hydrogen-bond donors (Lipinski definition) is 0. The lowest BCUT2D eigenvalue weighted by Gasteiger charge is -2.06. The van der Waals surface area contributed by atoms with Crippen molar-refractivity contribution < 1.29 is 13.9 Å². The molecular weight excluding hydrogens is 366 g/mol. The Labute approximate surface area is 103 Å². The minimum absolute atomic E-state index is 0.0256. The van der Waals surface area contributed by atoms with Gasteiger partial charge in [0, 0.05) is 14.5 Å². The quantitative estimate of drug-likeness (QED) is 0.453. The SMILES string of the molecule is COC(=O)c1ccc(I)c(CBr)c1F. The van der Waals surface area contributed by atoms with Crippen molar-refractivity contribution in [3.05, 3.63) is 32.6 Å². The normalized spacial score (nSPS) is 10.0. The fourth-order valence-corrected chi connectivity index (χ4v) is 2.67. The molecule has 76 valence electrons. The summed E-state index contributed by atoms with van der Waals surface area (Å²) < 4.78 is 18.9. The average molecular weight is 373 g/mol. The van der Waals surface area contributed by atoms with Crippen LogP contribution in [0.3, 0.4) is 0 Å². The molecule has 1 aromatic rings. The number of ether oxygens (including phenoxy) is 1. The number of carbonyl (C=O) groups is 1. The smallest absolute Gasteiger partial charge is 0.340 e. The number of benzene rings is 1. The largest absolute Gasteiger partial charge is 0.465 e. The van der Waals surface area contributed by atoms with Crippen molar-refractivity contribution in [3.8, 4) is 0 Å². The maximum Gasteiger partial charge on any atom is 0.340 e. The molecule has 0 spiro atoms. The topological polar surface area (TPSA) is 26.3 Å². The van der Waals surface area contributed by atoms with Crippen molar-refractivity contribution in [1.82, 2.24) is 0 Å². The van der Waals surface area contributed by atoms with Crippen LogP contribution in [0.4, 0.5) is 4.39 Å². The highest BCUT2D eigenvalue weighted by molar-refractivity contribution is 14.1. The van der Waals surface area contributed by atoms with Crippen LogP contribution in [0.15, 0.2) is 12.1 Å². The number of alkyl halides is 1. The third-order valence-electron chi connectivity index (χ3n) is 1.72. The van der Waals surface area contributed by atoms with Crippen molar-refractivity contribution in [1.29, 1.82) is 0 Å². The maximum absolute atomic E-state index is 13.6. The van der Waals surface area contributed by atoms with Crippen molar-refractivity contribution in [2.75, 3.05) is 7.11 Å². The highest BCUT2D eigenvalue weighted by atomic mass is 127. The van der Waals surface area contributed by atoms with Crippen LogP contribution in [0, 0.1) is 9.39 Å². The summed E-state index contributed by atoms with van der Waals surface area (Å²) in [6.07, 6.45) is 0. The lowest BCUT2D eigenvalue weighted by Crippen LogP contribution is -2.07. The second-order valence-electron chi connectivity index (χ2n) is 2.51. The van der Waals surface area contributed by atoms with Gasteiger partial charge in [-0.05, 0) is 34.7 Å². The van der Waals surface area contributed by atoms with Gasteiger partial charge in [0.25, 0.3) is 0 Å². The average Bonchev–Trinajstić information content (AvgIpc) is 2.18. The summed E-state index contributed by atoms with van der Waals surface area (Å²) in [7, 11) is 1.23. The minimum atomic E-state index is -0.652. The Morgan fingerprint density at radius 1 is 1.64 bits per heavy atom. The van der Waals surface area contributed by atoms with Crippen molar-refractivity contribution in [2.45, 2.75) is 5.33 Å². The molecule has 0 saturated heterocycles. The van der Waals surface area contributed by atoms with Gasteiger partial charge in [-0.15, -0.1) is 0 Å². The second kappa shape index (κ2) is 5.06. The van der Waals surface area contributed by atoms with E-state index in [0.717, 1.165) is 3.57 Å². The first-order valence-corrected chi connectivity index (χ1v) is 5.93. The molecular formula is C9H7BrFIO2. The van der Waals surface area contributed by atoms with Crippen molar-refractivity contribution in [3.63, 3.8) is 0 Å². The van der Waals surface area contributed by atoms with Crippen LogP contribution >= 0.6 is 38.5 Å². The molecule has 0 atom stereocenters. The van der Waals surface area contributed by atoms with Gasteiger partial charge in [-0.3, -0.25) is 0 Å². The zero-order valence-corrected chi connectivity index (χ0v) is 11.1. The highest BCUT2D eigenvalue weighted by Gasteiger charge is 2.16. The van der Waals surface area contributed by atoms with E-state index in [2.05, 4.69) is 20.7 Å². The number of hydrogen-bond acceptors (Lipinski definition) is 2. The van der Waals surface area contributed by atoms with Gasteiger partial charge in [0.15, 0.2) is 0 Å². The molecule has 1 rings (SSSR count). The van der Waals surface area contributed by atoms with Crippen LogP contribution < -0.4 is 0 Å². The van der Waals surface area contributed by atoms with Crippen LogP contribution in [0.25, 0.3) is 0 Å². The summed E-state index contributed by atoms with van der Waals surface area (Å²) in [6.45, 7) is 0. The first-order chi connectivity index (χ1) is 6.61. The van der Waals surface area contributed by atoms with E-state index < -0.39 is 11.8 Å². The van der Waals surface area contributed by atoms with E-state index in [-0.39, 0.29) is 5.56 Å². The molecule has 0 saturated carbocycles. The minimum Gasteiger partial charge on any atom is -0.465 e. The van der Waals surface area contributed by atoms with Crippen LogP contribution in [0.5, 0.6) is 0 Å². The van der Waals surface area contributed by atoms with E-state index in [1.54, 1.807) is 6.07 Å². The molecule has 14 heavy (non-hydrogen) atoms. The molecule has 0 aliphatic rings. The molecule has 0 radical (unpaired) electrons. The van der Waals surface area contributed by atoms with Crippen LogP contribution in [-0.4, -0.2) is 13.1 Å². The van der Waals surface area contributed by atoms with Gasteiger partial charge in [0.05, 0.1) is 12.7 Å². The van der Waals surface area contributed by atoms with E-state index in [9.17, 15) is 9.18 Å². The number of rotatable bonds is 2. The van der Waals surface area contributed by atoms with Crippen LogP contribution in [-0.2, 0) is 10.1 Å². The fourth-order valence-electron chi connectivity index (χ4n) is 0.988. The standard InChI is InChI=1S/C9H7BrFIO2/c1-14-9(13)5-2-3-7(12)6(4-10)8(5)11/h2-3H,4H2,1H3. The van der Waals surface area contributed by atoms with E-state index in [1.807, 2.05) is 22.6 Å². The van der Waals surface area contributed by atoms with Crippen LogP contribution in [0.2, 0.25) is 0 Å². The first kappa shape index (κ1) is 11.9. The molecule has 1 aromatic carbocycles. The van der Waals surface area contributed by atoms with Gasteiger partial charge >= 0.3 is 5.97 Å². The third kappa shape index (κ3) is 2.25. The molecule has 0 aliphatic heterocycles. The molecule has 0 N–H and O–H groups in total. The molecule has 0 fully saturated rings. The highest BCUT2D eigenvalue weighted by Crippen LogP contribution is 2.22. The summed E-state index contributed by atoms with van der Waals surface area (Å²) in [4.78, 5) is 11.1. The predicted molar refractivity (Wildman–Crippen MR) is 63.1 cm³/mol. The van der Waals surface area contributed by atoms with Crippen molar-refractivity contribution >= 4 is 44.5 Å². The molecule has 0 bridgehead atoms. The molecule has 0 aliphatic carbocycles. The molecule has 0 unspecified atom stereocenters. The molecule has 0 amide bonds. The molecule has 5 heteroatoms. The first-order valence-electron chi connectivity index (χ1n) is 3.73. The Kier molecular flexibility index (Phi) is 4.31. The Balaban J connectivity index is 3.28. The zero-order chi connectivity index (χ0) is 10.7. The summed E-state index contributed by atoms with van der Waals surface area (Å²) in [5.74, 6) is -1.17. The molecule has 0 aromatic heterocycles. The Morgan fingerprint density at radius 3 is 2.79 bits per heavy atom. The van der Waals surface area contributed by atoms with Gasteiger partial charge < -0.3 is 4.74 Å². The van der Waals surface area contributed by atoms with Crippen molar-refractivity contribution in [2.24, 2.45) is 0 Å². The van der Waals surface area contributed by atoms with Gasteiger partial charge in [0.2, 0.25) is 0 Å². The summed E-state index contributed by atoms with van der Waals surface area (Å²) >= 11 is 5.18. The summed E-state index contributed by atoms with van der Waals surface area (Å²) in [5.41, 5.74) is 0.455. The summed E-state index contributed by atoms with van der Waals surface area (Å²) in [6, 6.07) is 3.11. The summed E-state index contributed by atoms with van der Waals surface area (Å²) in [5, 5.41) is 0.377. The third-order valence-corrected chi connectivity index (χ3v) is 3.30.